The average Bonchev–Trinajstić information content (AvgIpc) is 3.19. The normalized spacial score (nSPS) is 12.5. The van der Waals surface area contributed by atoms with E-state index in [-0.39, 0.29) is 0 Å². The fourth-order valence-corrected chi connectivity index (χ4v) is 2.73. The third-order valence-electron chi connectivity index (χ3n) is 3.63. The quantitative estimate of drug-likeness (QED) is 0.728. The molecule has 0 aliphatic rings. The molecule has 6 heteroatoms. The number of aryl methyl sites for hydroxylation is 1. The number of halogens is 1. The van der Waals surface area contributed by atoms with E-state index in [1.807, 2.05) is 37.3 Å². The van der Waals surface area contributed by atoms with Crippen LogP contribution >= 0.6 is 11.6 Å². The Balaban J connectivity index is 1.68. The van der Waals surface area contributed by atoms with Gasteiger partial charge in [-0.1, -0.05) is 29.8 Å². The van der Waals surface area contributed by atoms with Crippen LogP contribution in [-0.4, -0.2) is 21.4 Å². The Morgan fingerprint density at radius 1 is 1.26 bits per heavy atom. The average molecular weight is 332 g/mol. The van der Waals surface area contributed by atoms with Crippen molar-refractivity contribution in [1.82, 2.24) is 15.1 Å². The highest BCUT2D eigenvalue weighted by molar-refractivity contribution is 6.30. The number of benzene rings is 1. The maximum absolute atomic E-state index is 10.00. The maximum Gasteiger partial charge on any atom is 0.137 e. The Hall–Kier alpha value is -2.08. The molecule has 0 radical (unpaired) electrons. The number of aromatic nitrogens is 2. The van der Waals surface area contributed by atoms with Crippen molar-refractivity contribution in [3.8, 4) is 5.69 Å². The van der Waals surface area contributed by atoms with E-state index in [1.54, 1.807) is 23.1 Å². The molecule has 0 amide bonds. The summed E-state index contributed by atoms with van der Waals surface area (Å²) in [4.78, 5) is 0. The first-order chi connectivity index (χ1) is 11.2. The van der Waals surface area contributed by atoms with Crippen LogP contribution in [-0.2, 0) is 6.54 Å². The smallest absolute Gasteiger partial charge is 0.137 e. The number of furan rings is 1. The summed E-state index contributed by atoms with van der Waals surface area (Å²) in [5.41, 5.74) is 2.70. The van der Waals surface area contributed by atoms with E-state index in [1.165, 1.54) is 0 Å². The molecule has 23 heavy (non-hydrogen) atoms. The molecule has 0 aliphatic carbocycles. The number of hydrogen-bond acceptors (Lipinski definition) is 4. The van der Waals surface area contributed by atoms with E-state index in [0.717, 1.165) is 16.9 Å². The summed E-state index contributed by atoms with van der Waals surface area (Å²) in [6, 6.07) is 13.3. The van der Waals surface area contributed by atoms with Gasteiger partial charge in [0, 0.05) is 18.7 Å². The highest BCUT2D eigenvalue weighted by Crippen LogP contribution is 2.23. The van der Waals surface area contributed by atoms with Crippen molar-refractivity contribution in [1.29, 1.82) is 0 Å². The SMILES string of the molecule is Cc1nn(-c2ccccc2)c(Cl)c1CNCC(O)c1ccco1. The molecule has 2 N–H and O–H groups in total. The van der Waals surface area contributed by atoms with E-state index >= 15 is 0 Å². The molecule has 3 aromatic rings. The number of nitrogens with one attached hydrogen (secondary N) is 1. The number of hydrogen-bond donors (Lipinski definition) is 2. The molecule has 0 bridgehead atoms. The molecule has 2 aromatic heterocycles. The Morgan fingerprint density at radius 3 is 2.74 bits per heavy atom. The van der Waals surface area contributed by atoms with Gasteiger partial charge in [0.2, 0.25) is 0 Å². The monoisotopic (exact) mass is 331 g/mol. The zero-order chi connectivity index (χ0) is 16.2. The fraction of sp³-hybridized carbons (Fsp3) is 0.235. The predicted octanol–water partition coefficient (Wildman–Crippen LogP) is 3.25. The molecule has 0 aliphatic heterocycles. The third kappa shape index (κ3) is 3.47. The molecular weight excluding hydrogens is 314 g/mol. The summed E-state index contributed by atoms with van der Waals surface area (Å²) >= 11 is 6.46. The zero-order valence-electron chi connectivity index (χ0n) is 12.7. The Morgan fingerprint density at radius 2 is 2.04 bits per heavy atom. The lowest BCUT2D eigenvalue weighted by atomic mass is 10.2. The molecule has 0 saturated carbocycles. The predicted molar refractivity (Wildman–Crippen MR) is 88.7 cm³/mol. The highest BCUT2D eigenvalue weighted by atomic mass is 35.5. The second-order valence-electron chi connectivity index (χ2n) is 5.26. The number of aliphatic hydroxyl groups is 1. The summed E-state index contributed by atoms with van der Waals surface area (Å²) in [5, 5.41) is 18.3. The van der Waals surface area contributed by atoms with Crippen LogP contribution in [0.25, 0.3) is 5.69 Å². The van der Waals surface area contributed by atoms with Crippen LogP contribution in [0, 0.1) is 6.92 Å². The van der Waals surface area contributed by atoms with Crippen molar-refractivity contribution in [3.05, 3.63) is 70.9 Å². The van der Waals surface area contributed by atoms with Gasteiger partial charge in [0.25, 0.3) is 0 Å². The van der Waals surface area contributed by atoms with Crippen LogP contribution < -0.4 is 5.32 Å². The Bertz CT molecular complexity index is 754. The molecule has 1 atom stereocenters. The molecule has 5 nitrogen and oxygen atoms in total. The van der Waals surface area contributed by atoms with Crippen LogP contribution in [0.5, 0.6) is 0 Å². The third-order valence-corrected chi connectivity index (χ3v) is 4.02. The van der Waals surface area contributed by atoms with Crippen molar-refractivity contribution >= 4 is 11.6 Å². The molecule has 0 spiro atoms. The van der Waals surface area contributed by atoms with E-state index in [0.29, 0.717) is 24.0 Å². The van der Waals surface area contributed by atoms with Gasteiger partial charge >= 0.3 is 0 Å². The number of nitrogens with zero attached hydrogens (tertiary/aromatic N) is 2. The first kappa shape index (κ1) is 15.8. The molecular formula is C17H18ClN3O2. The molecule has 1 unspecified atom stereocenters. The number of rotatable bonds is 6. The van der Waals surface area contributed by atoms with Gasteiger partial charge in [-0.3, -0.25) is 0 Å². The summed E-state index contributed by atoms with van der Waals surface area (Å²) in [6.07, 6.45) is 0.858. The molecule has 0 fully saturated rings. The lowest BCUT2D eigenvalue weighted by molar-refractivity contribution is 0.147. The second kappa shape index (κ2) is 7.00. The van der Waals surface area contributed by atoms with Gasteiger partial charge in [-0.2, -0.15) is 5.10 Å². The zero-order valence-corrected chi connectivity index (χ0v) is 13.5. The van der Waals surface area contributed by atoms with Crippen molar-refractivity contribution in [2.45, 2.75) is 19.6 Å². The van der Waals surface area contributed by atoms with Gasteiger partial charge in [0.05, 0.1) is 17.6 Å². The van der Waals surface area contributed by atoms with Crippen LogP contribution in [0.1, 0.15) is 23.1 Å². The topological polar surface area (TPSA) is 63.2 Å². The van der Waals surface area contributed by atoms with Crippen molar-refractivity contribution in [2.75, 3.05) is 6.54 Å². The van der Waals surface area contributed by atoms with Crippen LogP contribution in [0.4, 0.5) is 0 Å². The van der Waals surface area contributed by atoms with E-state index in [2.05, 4.69) is 10.4 Å². The minimum absolute atomic E-state index is 0.375. The minimum Gasteiger partial charge on any atom is -0.467 e. The van der Waals surface area contributed by atoms with Gasteiger partial charge in [-0.25, -0.2) is 4.68 Å². The molecule has 3 rings (SSSR count). The van der Waals surface area contributed by atoms with Crippen molar-refractivity contribution in [3.63, 3.8) is 0 Å². The first-order valence-corrected chi connectivity index (χ1v) is 7.76. The van der Waals surface area contributed by atoms with Crippen molar-refractivity contribution < 1.29 is 9.52 Å². The first-order valence-electron chi connectivity index (χ1n) is 7.38. The summed E-state index contributed by atoms with van der Waals surface area (Å²) in [5.74, 6) is 0.542. The summed E-state index contributed by atoms with van der Waals surface area (Å²) in [6.45, 7) is 2.82. The van der Waals surface area contributed by atoms with Gasteiger partial charge in [-0.15, -0.1) is 0 Å². The Labute approximate surface area is 139 Å². The van der Waals surface area contributed by atoms with Crippen LogP contribution in [0.2, 0.25) is 5.15 Å². The molecule has 1 aromatic carbocycles. The second-order valence-corrected chi connectivity index (χ2v) is 5.62. The van der Waals surface area contributed by atoms with Gasteiger partial charge in [0.1, 0.15) is 17.0 Å². The molecule has 0 saturated heterocycles. The van der Waals surface area contributed by atoms with Gasteiger partial charge < -0.3 is 14.8 Å². The van der Waals surface area contributed by atoms with Crippen LogP contribution in [0.3, 0.4) is 0 Å². The number of aliphatic hydroxyl groups excluding tert-OH is 1. The standard InChI is InChI=1S/C17H18ClN3O2/c1-12-14(10-19-11-15(22)16-8-5-9-23-16)17(18)21(20-12)13-6-3-2-4-7-13/h2-9,15,19,22H,10-11H2,1H3. The lowest BCUT2D eigenvalue weighted by Crippen LogP contribution is -2.21. The molecule has 2 heterocycles. The van der Waals surface area contributed by atoms with Gasteiger partial charge in [0.15, 0.2) is 0 Å². The highest BCUT2D eigenvalue weighted by Gasteiger charge is 2.15. The number of para-hydroxylation sites is 1. The lowest BCUT2D eigenvalue weighted by Gasteiger charge is -2.09. The van der Waals surface area contributed by atoms with E-state index < -0.39 is 6.10 Å². The van der Waals surface area contributed by atoms with Gasteiger partial charge in [-0.05, 0) is 31.2 Å². The fourth-order valence-electron chi connectivity index (χ4n) is 2.39. The molecule has 120 valence electrons. The largest absolute Gasteiger partial charge is 0.467 e. The summed E-state index contributed by atoms with van der Waals surface area (Å²) < 4.78 is 6.89. The van der Waals surface area contributed by atoms with E-state index in [9.17, 15) is 5.11 Å². The van der Waals surface area contributed by atoms with Crippen LogP contribution in [0.15, 0.2) is 53.1 Å². The van der Waals surface area contributed by atoms with E-state index in [4.69, 9.17) is 16.0 Å². The summed E-state index contributed by atoms with van der Waals surface area (Å²) in [7, 11) is 0. The Kier molecular flexibility index (Phi) is 4.81. The van der Waals surface area contributed by atoms with Crippen molar-refractivity contribution in [2.24, 2.45) is 0 Å². The minimum atomic E-state index is -0.687. The maximum atomic E-state index is 10.00.